The van der Waals surface area contributed by atoms with Crippen molar-refractivity contribution in [2.75, 3.05) is 19.5 Å². The lowest BCUT2D eigenvalue weighted by molar-refractivity contribution is 0.0948. The van der Waals surface area contributed by atoms with Gasteiger partial charge in [-0.15, -0.1) is 12.4 Å². The summed E-state index contributed by atoms with van der Waals surface area (Å²) in [4.78, 5) is 12.4. The molecule has 2 rings (SSSR count). The fourth-order valence-electron chi connectivity index (χ4n) is 2.17. The monoisotopic (exact) mass is 384 g/mol. The fourth-order valence-corrected chi connectivity index (χ4v) is 2.33. The molecule has 0 aromatic heterocycles. The molecule has 0 aliphatic carbocycles. The molecule has 0 unspecified atom stereocenters. The fraction of sp³-hybridized carbons (Fsp3) is 0.278. The molecule has 3 N–H and O–H groups in total. The minimum Gasteiger partial charge on any atom is -0.496 e. The minimum atomic E-state index is -0.271. The molecule has 136 valence electrons. The van der Waals surface area contributed by atoms with Crippen molar-refractivity contribution in [3.8, 4) is 5.75 Å². The van der Waals surface area contributed by atoms with Crippen LogP contribution in [0.15, 0.2) is 36.4 Å². The van der Waals surface area contributed by atoms with Gasteiger partial charge in [-0.25, -0.2) is 0 Å². The number of rotatable bonds is 7. The Bertz CT molecular complexity index is 706. The van der Waals surface area contributed by atoms with Gasteiger partial charge < -0.3 is 20.5 Å². The van der Waals surface area contributed by atoms with E-state index < -0.39 is 0 Å². The minimum absolute atomic E-state index is 0. The van der Waals surface area contributed by atoms with Crippen LogP contribution in [-0.2, 0) is 17.9 Å². The Hall–Kier alpha value is -1.95. The highest BCUT2D eigenvalue weighted by Gasteiger charge is 2.14. The molecule has 1 amide bonds. The van der Waals surface area contributed by atoms with E-state index in [9.17, 15) is 4.79 Å². The molecule has 25 heavy (non-hydrogen) atoms. The number of benzene rings is 2. The molecular formula is C18H22Cl2N2O3. The first-order valence-corrected chi connectivity index (χ1v) is 7.99. The van der Waals surface area contributed by atoms with Crippen LogP contribution in [0.5, 0.6) is 5.75 Å². The lowest BCUT2D eigenvalue weighted by Crippen LogP contribution is -2.23. The Balaban J connectivity index is 0.00000312. The summed E-state index contributed by atoms with van der Waals surface area (Å²) < 4.78 is 10.5. The number of methoxy groups -OCH3 is 1. The molecule has 2 aromatic carbocycles. The summed E-state index contributed by atoms with van der Waals surface area (Å²) in [7, 11) is 1.48. The van der Waals surface area contributed by atoms with E-state index in [0.29, 0.717) is 41.8 Å². The molecule has 0 saturated carbocycles. The van der Waals surface area contributed by atoms with Gasteiger partial charge >= 0.3 is 0 Å². The van der Waals surface area contributed by atoms with Crippen molar-refractivity contribution >= 4 is 35.6 Å². The SMILES string of the molecule is CCOCc1ccc(CNC(=O)c2cc(Cl)c(N)cc2OC)cc1.Cl. The second kappa shape index (κ2) is 10.1. The molecule has 5 nitrogen and oxygen atoms in total. The summed E-state index contributed by atoms with van der Waals surface area (Å²) in [5.74, 6) is 0.119. The van der Waals surface area contributed by atoms with Gasteiger partial charge in [-0.1, -0.05) is 35.9 Å². The summed E-state index contributed by atoms with van der Waals surface area (Å²) in [6.07, 6.45) is 0. The summed E-state index contributed by atoms with van der Waals surface area (Å²) in [6, 6.07) is 10.9. The lowest BCUT2D eigenvalue weighted by atomic mass is 10.1. The summed E-state index contributed by atoms with van der Waals surface area (Å²) in [6.45, 7) is 3.63. The highest BCUT2D eigenvalue weighted by molar-refractivity contribution is 6.33. The van der Waals surface area contributed by atoms with Gasteiger partial charge in [-0.3, -0.25) is 4.79 Å². The lowest BCUT2D eigenvalue weighted by Gasteiger charge is -2.11. The quantitative estimate of drug-likeness (QED) is 0.711. The van der Waals surface area contributed by atoms with E-state index in [1.165, 1.54) is 13.2 Å². The number of carbonyl (C=O) groups is 1. The van der Waals surface area contributed by atoms with E-state index in [2.05, 4.69) is 5.32 Å². The van der Waals surface area contributed by atoms with Crippen molar-refractivity contribution in [2.45, 2.75) is 20.1 Å². The van der Waals surface area contributed by atoms with Crippen molar-refractivity contribution < 1.29 is 14.3 Å². The van der Waals surface area contributed by atoms with Crippen LogP contribution in [0, 0.1) is 0 Å². The molecule has 0 aliphatic heterocycles. The smallest absolute Gasteiger partial charge is 0.255 e. The zero-order chi connectivity index (χ0) is 17.5. The number of hydrogen-bond acceptors (Lipinski definition) is 4. The Morgan fingerprint density at radius 1 is 1.20 bits per heavy atom. The number of nitrogen functional groups attached to an aromatic ring is 1. The van der Waals surface area contributed by atoms with Gasteiger partial charge in [0.05, 0.1) is 30.0 Å². The molecule has 0 fully saturated rings. The number of hydrogen-bond donors (Lipinski definition) is 2. The maximum atomic E-state index is 12.4. The number of ether oxygens (including phenoxy) is 2. The predicted octanol–water partition coefficient (Wildman–Crippen LogP) is 3.82. The number of carbonyl (C=O) groups excluding carboxylic acids is 1. The van der Waals surface area contributed by atoms with Gasteiger partial charge in [-0.05, 0) is 24.1 Å². The van der Waals surface area contributed by atoms with E-state index in [4.69, 9.17) is 26.8 Å². The van der Waals surface area contributed by atoms with Crippen LogP contribution in [-0.4, -0.2) is 19.6 Å². The second-order valence-electron chi connectivity index (χ2n) is 5.21. The third-order valence-corrected chi connectivity index (χ3v) is 3.84. The van der Waals surface area contributed by atoms with Crippen molar-refractivity contribution in [3.63, 3.8) is 0 Å². The van der Waals surface area contributed by atoms with E-state index >= 15 is 0 Å². The average molecular weight is 385 g/mol. The predicted molar refractivity (Wildman–Crippen MR) is 103 cm³/mol. The first kappa shape index (κ1) is 21.1. The van der Waals surface area contributed by atoms with Crippen molar-refractivity contribution in [1.82, 2.24) is 5.32 Å². The number of nitrogens with two attached hydrogens (primary N) is 1. The van der Waals surface area contributed by atoms with Gasteiger partial charge in [-0.2, -0.15) is 0 Å². The number of anilines is 1. The van der Waals surface area contributed by atoms with Crippen LogP contribution >= 0.6 is 24.0 Å². The molecule has 0 aliphatic rings. The van der Waals surface area contributed by atoms with Gasteiger partial charge in [0.1, 0.15) is 5.75 Å². The summed E-state index contributed by atoms with van der Waals surface area (Å²) >= 11 is 5.99. The molecule has 0 heterocycles. The Kier molecular flexibility index (Phi) is 8.55. The van der Waals surface area contributed by atoms with Crippen LogP contribution in [0.4, 0.5) is 5.69 Å². The Labute approximate surface area is 158 Å². The Morgan fingerprint density at radius 3 is 2.44 bits per heavy atom. The topological polar surface area (TPSA) is 73.6 Å². The first-order chi connectivity index (χ1) is 11.5. The number of nitrogens with one attached hydrogen (secondary N) is 1. The van der Waals surface area contributed by atoms with E-state index in [1.54, 1.807) is 6.07 Å². The molecular weight excluding hydrogens is 363 g/mol. The highest BCUT2D eigenvalue weighted by atomic mass is 35.5. The van der Waals surface area contributed by atoms with Gasteiger partial charge in [0.25, 0.3) is 5.91 Å². The van der Waals surface area contributed by atoms with Crippen LogP contribution in [0.2, 0.25) is 5.02 Å². The molecule has 2 aromatic rings. The van der Waals surface area contributed by atoms with E-state index in [1.807, 2.05) is 31.2 Å². The van der Waals surface area contributed by atoms with Crippen molar-refractivity contribution in [2.24, 2.45) is 0 Å². The van der Waals surface area contributed by atoms with Gasteiger partial charge in [0.2, 0.25) is 0 Å². The zero-order valence-corrected chi connectivity index (χ0v) is 15.7. The number of amides is 1. The molecule has 0 saturated heterocycles. The van der Waals surface area contributed by atoms with Crippen molar-refractivity contribution in [1.29, 1.82) is 0 Å². The Morgan fingerprint density at radius 2 is 1.84 bits per heavy atom. The first-order valence-electron chi connectivity index (χ1n) is 7.62. The maximum Gasteiger partial charge on any atom is 0.255 e. The summed E-state index contributed by atoms with van der Waals surface area (Å²) in [5.41, 5.74) is 8.53. The van der Waals surface area contributed by atoms with Crippen LogP contribution in [0.25, 0.3) is 0 Å². The summed E-state index contributed by atoms with van der Waals surface area (Å²) in [5, 5.41) is 3.17. The largest absolute Gasteiger partial charge is 0.496 e. The molecule has 0 atom stereocenters. The van der Waals surface area contributed by atoms with Crippen LogP contribution in [0.1, 0.15) is 28.4 Å². The van der Waals surface area contributed by atoms with Crippen molar-refractivity contribution in [3.05, 3.63) is 58.1 Å². The molecule has 0 bridgehead atoms. The average Bonchev–Trinajstić information content (AvgIpc) is 2.60. The highest BCUT2D eigenvalue weighted by Crippen LogP contribution is 2.28. The van der Waals surface area contributed by atoms with Crippen LogP contribution in [0.3, 0.4) is 0 Å². The zero-order valence-electron chi connectivity index (χ0n) is 14.2. The third kappa shape index (κ3) is 5.81. The van der Waals surface area contributed by atoms with Gasteiger partial charge in [0.15, 0.2) is 0 Å². The standard InChI is InChI=1S/C18H21ClN2O3.ClH/c1-3-24-11-13-6-4-12(5-7-13)10-21-18(22)14-8-15(19)16(20)9-17(14)23-2;/h4-9H,3,10-11,20H2,1-2H3,(H,21,22);1H. The van der Waals surface area contributed by atoms with E-state index in [-0.39, 0.29) is 18.3 Å². The third-order valence-electron chi connectivity index (χ3n) is 3.51. The van der Waals surface area contributed by atoms with Crippen LogP contribution < -0.4 is 15.8 Å². The molecule has 0 radical (unpaired) electrons. The molecule has 7 heteroatoms. The number of halogens is 2. The van der Waals surface area contributed by atoms with Gasteiger partial charge in [0, 0.05) is 19.2 Å². The normalized spacial score (nSPS) is 10.0. The maximum absolute atomic E-state index is 12.4. The second-order valence-corrected chi connectivity index (χ2v) is 5.62. The molecule has 0 spiro atoms. The van der Waals surface area contributed by atoms with E-state index in [0.717, 1.165) is 11.1 Å².